The Bertz CT molecular complexity index is 790. The molecule has 114 valence electrons. The average molecular weight is 299 g/mol. The number of carbonyl (C=O) groups excluding carboxylic acids is 1. The number of esters is 1. The van der Waals surface area contributed by atoms with Crippen molar-refractivity contribution < 1.29 is 13.9 Å². The summed E-state index contributed by atoms with van der Waals surface area (Å²) in [5.74, 6) is 0.441. The number of furan rings is 1. The van der Waals surface area contributed by atoms with Crippen LogP contribution in [0.1, 0.15) is 12.5 Å². The van der Waals surface area contributed by atoms with Crippen LogP contribution in [0, 0.1) is 6.92 Å². The molecule has 3 aromatic heterocycles. The van der Waals surface area contributed by atoms with Gasteiger partial charge < -0.3 is 14.5 Å². The monoisotopic (exact) mass is 299 g/mol. The van der Waals surface area contributed by atoms with E-state index < -0.39 is 0 Å². The highest BCUT2D eigenvalue weighted by Crippen LogP contribution is 2.29. The first-order valence-electron chi connectivity index (χ1n) is 7.10. The first-order valence-corrected chi connectivity index (χ1v) is 7.10. The number of ether oxygens (including phenoxy) is 1. The number of anilines is 1. The smallest absolute Gasteiger partial charge is 0.325 e. The van der Waals surface area contributed by atoms with Crippen LogP contribution in [0.25, 0.3) is 16.9 Å². The molecular formula is C16H17N3O3. The summed E-state index contributed by atoms with van der Waals surface area (Å²) in [6.45, 7) is 4.23. The molecule has 0 saturated carbocycles. The maximum Gasteiger partial charge on any atom is 0.325 e. The quantitative estimate of drug-likeness (QED) is 0.734. The van der Waals surface area contributed by atoms with Gasteiger partial charge >= 0.3 is 5.97 Å². The van der Waals surface area contributed by atoms with Crippen molar-refractivity contribution in [3.63, 3.8) is 0 Å². The molecule has 6 nitrogen and oxygen atoms in total. The predicted octanol–water partition coefficient (Wildman–Crippen LogP) is 2.88. The van der Waals surface area contributed by atoms with Crippen molar-refractivity contribution >= 4 is 17.4 Å². The van der Waals surface area contributed by atoms with Crippen LogP contribution in [0.5, 0.6) is 0 Å². The second-order valence-electron chi connectivity index (χ2n) is 4.86. The summed E-state index contributed by atoms with van der Waals surface area (Å²) in [6, 6.07) is 5.78. The van der Waals surface area contributed by atoms with E-state index in [0.717, 1.165) is 28.3 Å². The summed E-state index contributed by atoms with van der Waals surface area (Å²) in [6.07, 6.45) is 5.14. The van der Waals surface area contributed by atoms with Gasteiger partial charge in [-0.3, -0.25) is 9.20 Å². The molecule has 0 aliphatic carbocycles. The maximum atomic E-state index is 11.6. The number of hydrogen-bond donors (Lipinski definition) is 1. The zero-order valence-electron chi connectivity index (χ0n) is 12.5. The fraction of sp³-hybridized carbons (Fsp3) is 0.250. The van der Waals surface area contributed by atoms with Crippen LogP contribution in [0.15, 0.2) is 41.3 Å². The number of nitrogens with one attached hydrogen (secondary N) is 1. The van der Waals surface area contributed by atoms with Gasteiger partial charge in [0, 0.05) is 11.8 Å². The fourth-order valence-corrected chi connectivity index (χ4v) is 2.34. The molecule has 0 aliphatic rings. The number of aromatic nitrogens is 2. The zero-order valence-corrected chi connectivity index (χ0v) is 12.5. The van der Waals surface area contributed by atoms with E-state index in [1.54, 1.807) is 19.5 Å². The van der Waals surface area contributed by atoms with Gasteiger partial charge in [-0.15, -0.1) is 0 Å². The van der Waals surface area contributed by atoms with Gasteiger partial charge in [0.2, 0.25) is 0 Å². The molecule has 0 unspecified atom stereocenters. The predicted molar refractivity (Wildman–Crippen MR) is 82.8 cm³/mol. The highest BCUT2D eigenvalue weighted by Gasteiger charge is 2.16. The van der Waals surface area contributed by atoms with Crippen molar-refractivity contribution in [3.8, 4) is 11.3 Å². The van der Waals surface area contributed by atoms with Crippen LogP contribution in [-0.2, 0) is 9.53 Å². The number of pyridine rings is 1. The number of nitrogens with zero attached hydrogens (tertiary/aromatic N) is 2. The number of fused-ring (bicyclic) bond motifs is 1. The minimum atomic E-state index is -0.303. The Morgan fingerprint density at radius 3 is 3.05 bits per heavy atom. The van der Waals surface area contributed by atoms with Crippen LogP contribution in [0.2, 0.25) is 0 Å². The molecule has 0 aromatic carbocycles. The van der Waals surface area contributed by atoms with Gasteiger partial charge in [0.15, 0.2) is 0 Å². The third kappa shape index (κ3) is 2.55. The second kappa shape index (κ2) is 5.93. The first kappa shape index (κ1) is 14.2. The van der Waals surface area contributed by atoms with Crippen LogP contribution >= 0.6 is 0 Å². The molecule has 1 N–H and O–H groups in total. The van der Waals surface area contributed by atoms with E-state index in [-0.39, 0.29) is 12.5 Å². The summed E-state index contributed by atoms with van der Waals surface area (Å²) >= 11 is 0. The molecule has 0 fully saturated rings. The topological polar surface area (TPSA) is 68.8 Å². The highest BCUT2D eigenvalue weighted by molar-refractivity contribution is 5.81. The van der Waals surface area contributed by atoms with Crippen molar-refractivity contribution in [1.29, 1.82) is 0 Å². The van der Waals surface area contributed by atoms with Gasteiger partial charge in [-0.25, -0.2) is 4.98 Å². The lowest BCUT2D eigenvalue weighted by Crippen LogP contribution is -2.17. The van der Waals surface area contributed by atoms with Crippen LogP contribution in [0.3, 0.4) is 0 Å². The number of imidazole rings is 1. The Hall–Kier alpha value is -2.76. The van der Waals surface area contributed by atoms with Gasteiger partial charge in [-0.2, -0.15) is 0 Å². The molecule has 0 saturated heterocycles. The normalized spacial score (nSPS) is 10.8. The van der Waals surface area contributed by atoms with Gasteiger partial charge in [-0.05, 0) is 31.5 Å². The average Bonchev–Trinajstić information content (AvgIpc) is 3.13. The molecule has 3 aromatic rings. The minimum absolute atomic E-state index is 0.0838. The maximum absolute atomic E-state index is 11.6. The Labute approximate surface area is 127 Å². The van der Waals surface area contributed by atoms with E-state index in [1.807, 2.05) is 35.7 Å². The Balaban J connectivity index is 2.03. The summed E-state index contributed by atoms with van der Waals surface area (Å²) in [5, 5.41) is 3.12. The van der Waals surface area contributed by atoms with Crippen molar-refractivity contribution in [3.05, 3.63) is 42.5 Å². The van der Waals surface area contributed by atoms with E-state index in [4.69, 9.17) is 9.15 Å². The molecule has 22 heavy (non-hydrogen) atoms. The third-order valence-electron chi connectivity index (χ3n) is 3.35. The Morgan fingerprint density at radius 1 is 1.45 bits per heavy atom. The lowest BCUT2D eigenvalue weighted by Gasteiger charge is -2.08. The summed E-state index contributed by atoms with van der Waals surface area (Å²) < 4.78 is 12.0. The number of rotatable bonds is 5. The molecule has 6 heteroatoms. The van der Waals surface area contributed by atoms with E-state index in [1.165, 1.54) is 0 Å². The molecule has 0 radical (unpaired) electrons. The van der Waals surface area contributed by atoms with E-state index in [2.05, 4.69) is 10.3 Å². The molecule has 3 rings (SSSR count). The van der Waals surface area contributed by atoms with Crippen molar-refractivity contribution in [1.82, 2.24) is 9.38 Å². The number of hydrogen-bond acceptors (Lipinski definition) is 5. The Morgan fingerprint density at radius 2 is 2.32 bits per heavy atom. The van der Waals surface area contributed by atoms with E-state index in [0.29, 0.717) is 6.61 Å². The summed E-state index contributed by atoms with van der Waals surface area (Å²) in [7, 11) is 0. The molecule has 3 heterocycles. The second-order valence-corrected chi connectivity index (χ2v) is 4.86. The van der Waals surface area contributed by atoms with Gasteiger partial charge in [0.1, 0.15) is 23.7 Å². The van der Waals surface area contributed by atoms with Crippen molar-refractivity contribution in [2.45, 2.75) is 13.8 Å². The largest absolute Gasteiger partial charge is 0.472 e. The van der Waals surface area contributed by atoms with Crippen molar-refractivity contribution in [2.24, 2.45) is 0 Å². The van der Waals surface area contributed by atoms with Crippen LogP contribution < -0.4 is 5.32 Å². The molecule has 0 spiro atoms. The summed E-state index contributed by atoms with van der Waals surface area (Å²) in [5.41, 5.74) is 3.49. The van der Waals surface area contributed by atoms with E-state index in [9.17, 15) is 4.79 Å². The van der Waals surface area contributed by atoms with Gasteiger partial charge in [0.05, 0.1) is 19.1 Å². The molecule has 0 bridgehead atoms. The zero-order chi connectivity index (χ0) is 15.5. The lowest BCUT2D eigenvalue weighted by molar-refractivity contribution is -0.140. The number of carbonyl (C=O) groups is 1. The molecule has 0 amide bonds. The standard InChI is InChI=1S/C16H17N3O3/c1-3-22-13(20)9-17-16-14(12-6-8-21-10-12)18-15-11(2)5-4-7-19(15)16/h4-8,10,17H,3,9H2,1-2H3. The number of aryl methyl sites for hydroxylation is 1. The van der Waals surface area contributed by atoms with Crippen LogP contribution in [0.4, 0.5) is 5.82 Å². The molecule has 0 aliphatic heterocycles. The lowest BCUT2D eigenvalue weighted by atomic mass is 10.2. The van der Waals surface area contributed by atoms with Gasteiger partial charge in [0.25, 0.3) is 0 Å². The molecular weight excluding hydrogens is 282 g/mol. The SMILES string of the molecule is CCOC(=O)CNc1c(-c2ccoc2)nc2c(C)cccn12. The summed E-state index contributed by atoms with van der Waals surface area (Å²) in [4.78, 5) is 16.3. The van der Waals surface area contributed by atoms with Gasteiger partial charge in [-0.1, -0.05) is 6.07 Å². The highest BCUT2D eigenvalue weighted by atomic mass is 16.5. The first-order chi connectivity index (χ1) is 10.7. The fourth-order valence-electron chi connectivity index (χ4n) is 2.34. The third-order valence-corrected chi connectivity index (χ3v) is 3.35. The minimum Gasteiger partial charge on any atom is -0.472 e. The van der Waals surface area contributed by atoms with E-state index >= 15 is 0 Å². The Kier molecular flexibility index (Phi) is 3.82. The van der Waals surface area contributed by atoms with Crippen LogP contribution in [-0.4, -0.2) is 28.5 Å². The molecule has 0 atom stereocenters. The van der Waals surface area contributed by atoms with Crippen molar-refractivity contribution in [2.75, 3.05) is 18.5 Å².